The summed E-state index contributed by atoms with van der Waals surface area (Å²) in [6.45, 7) is 1.50. The first-order valence-electron chi connectivity index (χ1n) is 7.45. The molecule has 0 bridgehead atoms. The Hall–Kier alpha value is -2.73. The van der Waals surface area contributed by atoms with Gasteiger partial charge in [-0.2, -0.15) is 0 Å². The first-order valence-corrected chi connectivity index (χ1v) is 7.85. The lowest BCUT2D eigenvalue weighted by molar-refractivity contribution is -0.119. The average molecular weight is 341 g/mol. The first-order chi connectivity index (χ1) is 11.5. The number of hydrogen-bond donors (Lipinski definition) is 2. The SMILES string of the molecule is CC(=O)N(C)c1ccc(NC(=S)NC(=O)Cc2ccccc2)cc1. The normalized spacial score (nSPS) is 9.92. The van der Waals surface area contributed by atoms with Crippen LogP contribution in [0.4, 0.5) is 11.4 Å². The molecule has 0 unspecified atom stereocenters. The molecule has 2 aromatic rings. The van der Waals surface area contributed by atoms with E-state index in [0.717, 1.165) is 16.9 Å². The van der Waals surface area contributed by atoms with Crippen LogP contribution in [-0.4, -0.2) is 24.0 Å². The van der Waals surface area contributed by atoms with E-state index in [-0.39, 0.29) is 23.3 Å². The smallest absolute Gasteiger partial charge is 0.230 e. The summed E-state index contributed by atoms with van der Waals surface area (Å²) in [7, 11) is 1.71. The van der Waals surface area contributed by atoms with Crippen LogP contribution in [0.5, 0.6) is 0 Å². The Balaban J connectivity index is 1.88. The number of thiocarbonyl (C=S) groups is 1. The summed E-state index contributed by atoms with van der Waals surface area (Å²) in [4.78, 5) is 24.8. The summed E-state index contributed by atoms with van der Waals surface area (Å²) < 4.78 is 0. The minimum absolute atomic E-state index is 0.0422. The highest BCUT2D eigenvalue weighted by Gasteiger charge is 2.07. The van der Waals surface area contributed by atoms with E-state index in [1.54, 1.807) is 36.2 Å². The number of hydrogen-bond acceptors (Lipinski definition) is 3. The monoisotopic (exact) mass is 341 g/mol. The molecule has 0 saturated carbocycles. The van der Waals surface area contributed by atoms with Crippen molar-refractivity contribution in [3.8, 4) is 0 Å². The summed E-state index contributed by atoms with van der Waals surface area (Å²) in [6, 6.07) is 16.7. The van der Waals surface area contributed by atoms with E-state index >= 15 is 0 Å². The highest BCUT2D eigenvalue weighted by Crippen LogP contribution is 2.16. The van der Waals surface area contributed by atoms with Crippen LogP contribution in [0.15, 0.2) is 54.6 Å². The maximum Gasteiger partial charge on any atom is 0.230 e. The maximum atomic E-state index is 11.9. The first kappa shape index (κ1) is 17.6. The van der Waals surface area contributed by atoms with Crippen LogP contribution in [0.1, 0.15) is 12.5 Å². The molecule has 0 aliphatic heterocycles. The third-order valence-corrected chi connectivity index (χ3v) is 3.65. The third-order valence-electron chi connectivity index (χ3n) is 3.45. The van der Waals surface area contributed by atoms with Crippen molar-refractivity contribution in [1.82, 2.24) is 5.32 Å². The third kappa shape index (κ3) is 5.17. The van der Waals surface area contributed by atoms with E-state index in [1.807, 2.05) is 30.3 Å². The topological polar surface area (TPSA) is 61.4 Å². The molecule has 5 nitrogen and oxygen atoms in total. The van der Waals surface area contributed by atoms with Gasteiger partial charge < -0.3 is 15.5 Å². The van der Waals surface area contributed by atoms with Gasteiger partial charge >= 0.3 is 0 Å². The number of carbonyl (C=O) groups is 2. The molecule has 2 amide bonds. The van der Waals surface area contributed by atoms with Gasteiger partial charge in [-0.1, -0.05) is 30.3 Å². The Morgan fingerprint density at radius 2 is 1.67 bits per heavy atom. The van der Waals surface area contributed by atoms with E-state index < -0.39 is 0 Å². The standard InChI is InChI=1S/C18H19N3O2S/c1-13(22)21(2)16-10-8-15(9-11-16)19-18(24)20-17(23)12-14-6-4-3-5-7-14/h3-11H,12H2,1-2H3,(H2,19,20,23,24). The quantitative estimate of drug-likeness (QED) is 0.840. The minimum Gasteiger partial charge on any atom is -0.332 e. The Bertz CT molecular complexity index is 730. The fourth-order valence-electron chi connectivity index (χ4n) is 2.06. The second kappa shape index (κ2) is 8.21. The molecular weight excluding hydrogens is 322 g/mol. The van der Waals surface area contributed by atoms with Crippen molar-refractivity contribution in [3.63, 3.8) is 0 Å². The fraction of sp³-hybridized carbons (Fsp3) is 0.167. The van der Waals surface area contributed by atoms with Gasteiger partial charge in [0.1, 0.15) is 0 Å². The molecule has 0 aliphatic rings. The van der Waals surface area contributed by atoms with Gasteiger partial charge in [-0.3, -0.25) is 9.59 Å². The van der Waals surface area contributed by atoms with Crippen molar-refractivity contribution < 1.29 is 9.59 Å². The van der Waals surface area contributed by atoms with Gasteiger partial charge in [-0.05, 0) is 42.0 Å². The summed E-state index contributed by atoms with van der Waals surface area (Å²) in [5.41, 5.74) is 2.45. The minimum atomic E-state index is -0.174. The van der Waals surface area contributed by atoms with E-state index in [4.69, 9.17) is 12.2 Å². The van der Waals surface area contributed by atoms with Crippen LogP contribution in [0, 0.1) is 0 Å². The molecule has 0 heterocycles. The Morgan fingerprint density at radius 1 is 1.04 bits per heavy atom. The number of nitrogens with one attached hydrogen (secondary N) is 2. The number of nitrogens with zero attached hydrogens (tertiary/aromatic N) is 1. The van der Waals surface area contributed by atoms with Gasteiger partial charge in [0, 0.05) is 25.3 Å². The Labute approximate surface area is 146 Å². The van der Waals surface area contributed by atoms with Crippen LogP contribution >= 0.6 is 12.2 Å². The Morgan fingerprint density at radius 3 is 2.25 bits per heavy atom. The highest BCUT2D eigenvalue weighted by molar-refractivity contribution is 7.80. The zero-order valence-electron chi connectivity index (χ0n) is 13.6. The molecule has 0 radical (unpaired) electrons. The van der Waals surface area contributed by atoms with Crippen molar-refractivity contribution in [2.75, 3.05) is 17.3 Å². The molecular formula is C18H19N3O2S. The van der Waals surface area contributed by atoms with Crippen LogP contribution in [0.3, 0.4) is 0 Å². The number of carbonyl (C=O) groups excluding carboxylic acids is 2. The number of amides is 2. The predicted octanol–water partition coefficient (Wildman–Crippen LogP) is 2.73. The van der Waals surface area contributed by atoms with Gasteiger partial charge in [0.25, 0.3) is 0 Å². The summed E-state index contributed by atoms with van der Waals surface area (Å²) in [5.74, 6) is -0.217. The van der Waals surface area contributed by atoms with Crippen molar-refractivity contribution in [1.29, 1.82) is 0 Å². The molecule has 2 rings (SSSR count). The lowest BCUT2D eigenvalue weighted by Crippen LogP contribution is -2.35. The largest absolute Gasteiger partial charge is 0.332 e. The molecule has 2 N–H and O–H groups in total. The van der Waals surface area contributed by atoms with Gasteiger partial charge in [0.2, 0.25) is 11.8 Å². The molecule has 24 heavy (non-hydrogen) atoms. The second-order valence-electron chi connectivity index (χ2n) is 5.29. The van der Waals surface area contributed by atoms with Gasteiger partial charge in [-0.15, -0.1) is 0 Å². The van der Waals surface area contributed by atoms with Crippen molar-refractivity contribution in [2.45, 2.75) is 13.3 Å². The number of anilines is 2. The molecule has 0 spiro atoms. The van der Waals surface area contributed by atoms with Crippen LogP contribution in [0.2, 0.25) is 0 Å². The fourth-order valence-corrected chi connectivity index (χ4v) is 2.30. The predicted molar refractivity (Wildman–Crippen MR) is 100 cm³/mol. The van der Waals surface area contributed by atoms with Crippen molar-refractivity contribution in [3.05, 3.63) is 60.2 Å². The molecule has 0 fully saturated rings. The highest BCUT2D eigenvalue weighted by atomic mass is 32.1. The molecule has 124 valence electrons. The Kier molecular flexibility index (Phi) is 6.03. The zero-order valence-corrected chi connectivity index (χ0v) is 14.4. The molecule has 6 heteroatoms. The van der Waals surface area contributed by atoms with Crippen molar-refractivity contribution >= 4 is 40.5 Å². The summed E-state index contributed by atoms with van der Waals surface area (Å²) in [5, 5.41) is 5.84. The van der Waals surface area contributed by atoms with Crippen LogP contribution in [0.25, 0.3) is 0 Å². The van der Waals surface area contributed by atoms with Gasteiger partial charge in [0.05, 0.1) is 6.42 Å². The van der Waals surface area contributed by atoms with Crippen LogP contribution in [-0.2, 0) is 16.0 Å². The number of benzene rings is 2. The van der Waals surface area contributed by atoms with Crippen molar-refractivity contribution in [2.24, 2.45) is 0 Å². The lowest BCUT2D eigenvalue weighted by atomic mass is 10.1. The van der Waals surface area contributed by atoms with Gasteiger partial charge in [0.15, 0.2) is 5.11 Å². The molecule has 0 atom stereocenters. The molecule has 0 saturated heterocycles. The van der Waals surface area contributed by atoms with E-state index in [0.29, 0.717) is 0 Å². The summed E-state index contributed by atoms with van der Waals surface area (Å²) >= 11 is 5.15. The molecule has 0 aromatic heterocycles. The molecule has 0 aliphatic carbocycles. The summed E-state index contributed by atoms with van der Waals surface area (Å²) in [6.07, 6.45) is 0.269. The average Bonchev–Trinajstić information content (AvgIpc) is 2.55. The molecule has 2 aromatic carbocycles. The van der Waals surface area contributed by atoms with E-state index in [9.17, 15) is 9.59 Å². The maximum absolute atomic E-state index is 11.9. The van der Waals surface area contributed by atoms with Crippen LogP contribution < -0.4 is 15.5 Å². The van der Waals surface area contributed by atoms with E-state index in [1.165, 1.54) is 6.92 Å². The lowest BCUT2D eigenvalue weighted by Gasteiger charge is -2.16. The number of rotatable bonds is 4. The van der Waals surface area contributed by atoms with E-state index in [2.05, 4.69) is 10.6 Å². The van der Waals surface area contributed by atoms with Gasteiger partial charge in [-0.25, -0.2) is 0 Å². The zero-order chi connectivity index (χ0) is 17.5. The second-order valence-corrected chi connectivity index (χ2v) is 5.70.